The number of methoxy groups -OCH3 is 1. The smallest absolute Gasteiger partial charge is 0.408 e. The number of carbonyl (C=O) groups is 2. The molecular weight excluding hydrogens is 811 g/mol. The lowest BCUT2D eigenvalue weighted by Crippen LogP contribution is -2.52. The molecule has 5 aromatic carbocycles. The number of hydrogen-bond acceptors (Lipinski definition) is 10. The van der Waals surface area contributed by atoms with Gasteiger partial charge in [0.1, 0.15) is 30.0 Å². The molecule has 2 amide bonds. The fourth-order valence-corrected chi connectivity index (χ4v) is 8.71. The monoisotopic (exact) mass is 865 g/mol. The number of carbonyl (C=O) groups excluding carboxylic acids is 2. The third-order valence-electron chi connectivity index (χ3n) is 12.3. The Morgan fingerprint density at radius 3 is 2.34 bits per heavy atom. The number of rotatable bonds is 18. The molecule has 332 valence electrons. The molecule has 1 aromatic heterocycles. The molecule has 0 aliphatic carbocycles. The van der Waals surface area contributed by atoms with Crippen LogP contribution in [-0.2, 0) is 17.9 Å². The molecule has 0 spiro atoms. The van der Waals surface area contributed by atoms with E-state index in [-0.39, 0.29) is 42.0 Å². The van der Waals surface area contributed by atoms with Crippen LogP contribution >= 0.6 is 0 Å². The van der Waals surface area contributed by atoms with E-state index in [1.165, 1.54) is 12.1 Å². The predicted octanol–water partition coefficient (Wildman–Crippen LogP) is 7.09. The zero-order valence-electron chi connectivity index (χ0n) is 36.0. The van der Waals surface area contributed by atoms with E-state index in [1.807, 2.05) is 108 Å². The van der Waals surface area contributed by atoms with Gasteiger partial charge >= 0.3 is 6.09 Å². The maximum atomic E-state index is 14.1. The van der Waals surface area contributed by atoms with E-state index < -0.39 is 18.2 Å². The zero-order valence-corrected chi connectivity index (χ0v) is 36.0. The predicted molar refractivity (Wildman–Crippen MR) is 244 cm³/mol. The molecule has 3 aliphatic heterocycles. The van der Waals surface area contributed by atoms with Crippen LogP contribution in [0, 0.1) is 5.92 Å². The summed E-state index contributed by atoms with van der Waals surface area (Å²) in [6.07, 6.45) is 1.32. The number of hydrogen-bond donors (Lipinski definition) is 5. The largest absolute Gasteiger partial charge is 0.506 e. The molecule has 5 N–H and O–H groups in total. The van der Waals surface area contributed by atoms with Crippen molar-refractivity contribution in [1.29, 1.82) is 0 Å². The molecule has 3 fully saturated rings. The highest BCUT2D eigenvalue weighted by Gasteiger charge is 2.37. The van der Waals surface area contributed by atoms with Crippen LogP contribution in [0.5, 0.6) is 17.2 Å². The number of alkyl carbamates (subject to hydrolysis) is 1. The maximum absolute atomic E-state index is 14.1. The lowest BCUT2D eigenvalue weighted by Gasteiger charge is -2.43. The van der Waals surface area contributed by atoms with Crippen LogP contribution < -0.4 is 25.7 Å². The second-order valence-electron chi connectivity index (χ2n) is 16.6. The number of phenols is 1. The molecular formula is C51H55N5O8. The van der Waals surface area contributed by atoms with Gasteiger partial charge in [-0.05, 0) is 121 Å². The average molecular weight is 866 g/mol. The Kier molecular flexibility index (Phi) is 14.2. The topological polar surface area (TPSA) is 166 Å². The van der Waals surface area contributed by atoms with Crippen LogP contribution in [0.4, 0.5) is 4.79 Å². The number of pyridine rings is 1. The summed E-state index contributed by atoms with van der Waals surface area (Å²) in [4.78, 5) is 46.0. The number of aliphatic hydroxyl groups is 1. The Morgan fingerprint density at radius 2 is 1.61 bits per heavy atom. The number of piperidine rings is 3. The van der Waals surface area contributed by atoms with Crippen molar-refractivity contribution in [2.75, 3.05) is 46.4 Å². The van der Waals surface area contributed by atoms with Crippen molar-refractivity contribution >= 4 is 22.9 Å². The average Bonchev–Trinajstić information content (AvgIpc) is 3.33. The van der Waals surface area contributed by atoms with Crippen molar-refractivity contribution in [3.63, 3.8) is 0 Å². The SMILES string of the molecule is COc1ccc(CN(CCCNCC(O)c2ccc(O)c3[nH]c(=O)ccc23)C(=O)c2ccc(COc3cccc([C@@H](NC(=O)OC4CN5CCC4CC5)c4ccccc4)c3)cc2)cc1. The number of aliphatic hydroxyl groups excluding tert-OH is 1. The highest BCUT2D eigenvalue weighted by Crippen LogP contribution is 2.32. The number of H-pyrrole nitrogens is 1. The number of fused-ring (bicyclic) bond motifs is 4. The van der Waals surface area contributed by atoms with Crippen LogP contribution in [0.1, 0.15) is 69.6 Å². The summed E-state index contributed by atoms with van der Waals surface area (Å²) in [5.41, 5.74) is 4.70. The number of benzene rings is 5. The minimum Gasteiger partial charge on any atom is -0.506 e. The molecule has 2 unspecified atom stereocenters. The highest BCUT2D eigenvalue weighted by atomic mass is 16.6. The Labute approximate surface area is 372 Å². The number of aromatic hydroxyl groups is 1. The second kappa shape index (κ2) is 20.7. The van der Waals surface area contributed by atoms with Gasteiger partial charge in [0.2, 0.25) is 5.56 Å². The fraction of sp³-hybridized carbons (Fsp3) is 0.314. The molecule has 0 saturated carbocycles. The first-order chi connectivity index (χ1) is 31.2. The quantitative estimate of drug-likeness (QED) is 0.0564. The van der Waals surface area contributed by atoms with Gasteiger partial charge in [0.25, 0.3) is 5.91 Å². The molecule has 0 radical (unpaired) electrons. The summed E-state index contributed by atoms with van der Waals surface area (Å²) < 4.78 is 17.6. The lowest BCUT2D eigenvalue weighted by molar-refractivity contribution is -0.0336. The van der Waals surface area contributed by atoms with E-state index in [4.69, 9.17) is 14.2 Å². The Bertz CT molecular complexity index is 2560. The standard InChI is InChI=1S/C51H55N5O8/c1-62-40-17-13-34(14-18-40)31-56(26-6-25-52-30-45(58)42-19-21-44(57)49-43(42)20-22-47(59)53-49)50(60)38-15-11-35(12-16-38)33-63-41-10-5-9-39(29-41)48(37-7-3-2-4-8-37)54-51(61)64-46-32-55-27-23-36(46)24-28-55/h2-5,7-22,29,36,45-46,48,52,57-58H,6,23-28,30-33H2,1H3,(H,53,59)(H,54,61)/t45?,46?,48-/m0/s1. The Balaban J connectivity index is 0.882. The molecule has 6 aromatic rings. The van der Waals surface area contributed by atoms with Gasteiger partial charge in [-0.2, -0.15) is 0 Å². The van der Waals surface area contributed by atoms with Crippen LogP contribution in [0.2, 0.25) is 0 Å². The first kappa shape index (κ1) is 44.0. The first-order valence-corrected chi connectivity index (χ1v) is 21.9. The summed E-state index contributed by atoms with van der Waals surface area (Å²) >= 11 is 0. The molecule has 3 saturated heterocycles. The van der Waals surface area contributed by atoms with E-state index in [0.717, 1.165) is 60.5 Å². The highest BCUT2D eigenvalue weighted by molar-refractivity contribution is 5.94. The number of amides is 2. The first-order valence-electron chi connectivity index (χ1n) is 21.9. The molecule has 4 heterocycles. The van der Waals surface area contributed by atoms with Gasteiger partial charge in [0.05, 0.1) is 24.8 Å². The van der Waals surface area contributed by atoms with Crippen molar-refractivity contribution in [2.45, 2.75) is 50.7 Å². The summed E-state index contributed by atoms with van der Waals surface area (Å²) in [5.74, 6) is 1.60. The Morgan fingerprint density at radius 1 is 0.859 bits per heavy atom. The number of phenolic OH excluding ortho intramolecular Hbond substituents is 1. The van der Waals surface area contributed by atoms with Gasteiger partial charge < -0.3 is 44.9 Å². The summed E-state index contributed by atoms with van der Waals surface area (Å²) in [7, 11) is 1.62. The zero-order chi connectivity index (χ0) is 44.4. The normalized spacial score (nSPS) is 17.6. The van der Waals surface area contributed by atoms with Gasteiger partial charge in [0, 0.05) is 43.2 Å². The molecule has 3 atom stereocenters. The molecule has 13 heteroatoms. The molecule has 3 aliphatic rings. The van der Waals surface area contributed by atoms with Crippen LogP contribution in [-0.4, -0.2) is 89.5 Å². The molecule has 64 heavy (non-hydrogen) atoms. The second-order valence-corrected chi connectivity index (χ2v) is 16.6. The van der Waals surface area contributed by atoms with Crippen molar-refractivity contribution in [3.8, 4) is 17.2 Å². The number of nitrogens with zero attached hydrogens (tertiary/aromatic N) is 2. The number of aromatic nitrogens is 1. The number of nitrogens with one attached hydrogen (secondary N) is 3. The summed E-state index contributed by atoms with van der Waals surface area (Å²) in [5, 5.41) is 28.2. The third-order valence-corrected chi connectivity index (χ3v) is 12.3. The fourth-order valence-electron chi connectivity index (χ4n) is 8.71. The molecule has 13 nitrogen and oxygen atoms in total. The molecule has 2 bridgehead atoms. The van der Waals surface area contributed by atoms with Gasteiger partial charge in [-0.15, -0.1) is 0 Å². The number of ether oxygens (including phenoxy) is 3. The van der Waals surface area contributed by atoms with E-state index in [0.29, 0.717) is 54.2 Å². The third kappa shape index (κ3) is 10.9. The van der Waals surface area contributed by atoms with Crippen molar-refractivity contribution < 1.29 is 34.0 Å². The van der Waals surface area contributed by atoms with Gasteiger partial charge in [-0.1, -0.05) is 72.8 Å². The lowest BCUT2D eigenvalue weighted by atomic mass is 9.86. The van der Waals surface area contributed by atoms with E-state index in [9.17, 15) is 24.6 Å². The van der Waals surface area contributed by atoms with Crippen molar-refractivity contribution in [2.24, 2.45) is 5.92 Å². The van der Waals surface area contributed by atoms with Gasteiger partial charge in [-0.3, -0.25) is 14.5 Å². The van der Waals surface area contributed by atoms with E-state index >= 15 is 0 Å². The molecule has 9 rings (SSSR count). The van der Waals surface area contributed by atoms with Crippen LogP contribution in [0.3, 0.4) is 0 Å². The van der Waals surface area contributed by atoms with Crippen LogP contribution in [0.15, 0.2) is 132 Å². The van der Waals surface area contributed by atoms with Gasteiger partial charge in [0.15, 0.2) is 0 Å². The maximum Gasteiger partial charge on any atom is 0.408 e. The summed E-state index contributed by atoms with van der Waals surface area (Å²) in [6.45, 7) is 4.81. The minimum absolute atomic E-state index is 0.0652. The van der Waals surface area contributed by atoms with Gasteiger partial charge in [-0.25, -0.2) is 4.79 Å². The van der Waals surface area contributed by atoms with Crippen LogP contribution in [0.25, 0.3) is 10.9 Å². The van der Waals surface area contributed by atoms with E-state index in [1.54, 1.807) is 19.2 Å². The van der Waals surface area contributed by atoms with Crippen molar-refractivity contribution in [3.05, 3.63) is 171 Å². The Hall–Kier alpha value is -6.67. The summed E-state index contributed by atoms with van der Waals surface area (Å²) in [6, 6.07) is 38.2. The number of aromatic amines is 1. The van der Waals surface area contributed by atoms with Crippen molar-refractivity contribution in [1.82, 2.24) is 25.4 Å². The van der Waals surface area contributed by atoms with E-state index in [2.05, 4.69) is 20.5 Å². The minimum atomic E-state index is -0.893.